The van der Waals surface area contributed by atoms with Crippen LogP contribution in [0.3, 0.4) is 0 Å². The van der Waals surface area contributed by atoms with Crippen molar-refractivity contribution in [2.45, 2.75) is 45.7 Å². The van der Waals surface area contributed by atoms with Crippen LogP contribution in [0.15, 0.2) is 22.7 Å². The summed E-state index contributed by atoms with van der Waals surface area (Å²) in [6.07, 6.45) is 3.94. The molecule has 0 bridgehead atoms. The Morgan fingerprint density at radius 2 is 2.17 bits per heavy atom. The van der Waals surface area contributed by atoms with E-state index < -0.39 is 0 Å². The summed E-state index contributed by atoms with van der Waals surface area (Å²) in [5.41, 5.74) is 1.21. The smallest absolute Gasteiger partial charge is 0.129 e. The molecule has 0 spiro atoms. The van der Waals surface area contributed by atoms with Gasteiger partial charge in [-0.15, -0.1) is 0 Å². The maximum atomic E-state index is 9.46. The van der Waals surface area contributed by atoms with Crippen LogP contribution in [0.25, 0.3) is 0 Å². The van der Waals surface area contributed by atoms with Crippen LogP contribution in [0.4, 0.5) is 0 Å². The summed E-state index contributed by atoms with van der Waals surface area (Å²) in [4.78, 5) is 0. The molecule has 18 heavy (non-hydrogen) atoms. The number of halogens is 1. The van der Waals surface area contributed by atoms with Gasteiger partial charge in [0.15, 0.2) is 0 Å². The second-order valence-electron chi connectivity index (χ2n) is 5.38. The fourth-order valence-electron chi connectivity index (χ4n) is 3.02. The lowest BCUT2D eigenvalue weighted by molar-refractivity contribution is 0.344. The highest BCUT2D eigenvalue weighted by Crippen LogP contribution is 2.34. The zero-order chi connectivity index (χ0) is 13.1. The fourth-order valence-corrected chi connectivity index (χ4v) is 3.45. The van der Waals surface area contributed by atoms with Gasteiger partial charge in [0, 0.05) is 12.6 Å². The summed E-state index contributed by atoms with van der Waals surface area (Å²) in [7, 11) is 0. The quantitative estimate of drug-likeness (QED) is 0.878. The van der Waals surface area contributed by atoms with Crippen LogP contribution >= 0.6 is 15.9 Å². The zero-order valence-electron chi connectivity index (χ0n) is 11.1. The van der Waals surface area contributed by atoms with Crippen molar-refractivity contribution in [1.29, 1.82) is 0 Å². The zero-order valence-corrected chi connectivity index (χ0v) is 12.7. The third-order valence-corrected chi connectivity index (χ3v) is 4.97. The van der Waals surface area contributed by atoms with Crippen molar-refractivity contribution >= 4 is 15.9 Å². The Kier molecular flexibility index (Phi) is 4.68. The maximum absolute atomic E-state index is 9.46. The third-order valence-electron chi connectivity index (χ3n) is 4.33. The molecule has 100 valence electrons. The Balaban J connectivity index is 1.90. The second kappa shape index (κ2) is 6.07. The molecule has 2 N–H and O–H groups in total. The van der Waals surface area contributed by atoms with Crippen molar-refractivity contribution in [2.24, 2.45) is 11.8 Å². The van der Waals surface area contributed by atoms with Gasteiger partial charge in [-0.2, -0.15) is 0 Å². The molecule has 0 amide bonds. The van der Waals surface area contributed by atoms with Crippen LogP contribution in [0, 0.1) is 11.8 Å². The first-order valence-electron chi connectivity index (χ1n) is 6.82. The van der Waals surface area contributed by atoms with Crippen LogP contribution in [-0.4, -0.2) is 11.1 Å². The van der Waals surface area contributed by atoms with Crippen molar-refractivity contribution < 1.29 is 5.11 Å². The average molecular weight is 312 g/mol. The Bertz CT molecular complexity index is 407. The lowest BCUT2D eigenvalue weighted by Gasteiger charge is -2.21. The minimum Gasteiger partial charge on any atom is -0.507 e. The van der Waals surface area contributed by atoms with E-state index in [2.05, 4.69) is 35.1 Å². The molecule has 0 aliphatic heterocycles. The Labute approximate surface area is 118 Å². The molecule has 0 heterocycles. The van der Waals surface area contributed by atoms with E-state index in [0.29, 0.717) is 11.8 Å². The summed E-state index contributed by atoms with van der Waals surface area (Å²) < 4.78 is 0.771. The number of benzene rings is 1. The monoisotopic (exact) mass is 311 g/mol. The van der Waals surface area contributed by atoms with E-state index in [1.54, 1.807) is 6.07 Å². The summed E-state index contributed by atoms with van der Waals surface area (Å²) >= 11 is 3.35. The molecular weight excluding hydrogens is 290 g/mol. The minimum absolute atomic E-state index is 0.305. The van der Waals surface area contributed by atoms with Gasteiger partial charge in [-0.05, 0) is 58.3 Å². The fraction of sp³-hybridized carbons (Fsp3) is 0.600. The van der Waals surface area contributed by atoms with Gasteiger partial charge in [-0.25, -0.2) is 0 Å². The highest BCUT2D eigenvalue weighted by atomic mass is 79.9. The largest absolute Gasteiger partial charge is 0.507 e. The van der Waals surface area contributed by atoms with Crippen molar-refractivity contribution in [3.63, 3.8) is 0 Å². The van der Waals surface area contributed by atoms with E-state index in [0.717, 1.165) is 22.9 Å². The predicted molar refractivity (Wildman–Crippen MR) is 78.6 cm³/mol. The van der Waals surface area contributed by atoms with E-state index in [1.807, 2.05) is 12.1 Å². The standard InChI is InChI=1S/C15H22BrNO/c1-3-12-5-6-14(10(12)2)17-9-11-4-7-15(18)13(16)8-11/h4,7-8,10,12,14,17-18H,3,5-6,9H2,1-2H3. The molecule has 3 heteroatoms. The summed E-state index contributed by atoms with van der Waals surface area (Å²) in [5, 5.41) is 13.1. The molecule has 1 aromatic rings. The molecule has 3 atom stereocenters. The van der Waals surface area contributed by atoms with Gasteiger partial charge in [-0.1, -0.05) is 26.3 Å². The number of hydrogen-bond donors (Lipinski definition) is 2. The average Bonchev–Trinajstić information content (AvgIpc) is 2.72. The Morgan fingerprint density at radius 1 is 1.39 bits per heavy atom. The van der Waals surface area contributed by atoms with Crippen molar-refractivity contribution in [1.82, 2.24) is 5.32 Å². The van der Waals surface area contributed by atoms with Gasteiger partial charge in [0.1, 0.15) is 5.75 Å². The molecule has 2 nitrogen and oxygen atoms in total. The summed E-state index contributed by atoms with van der Waals surface area (Å²) in [5.74, 6) is 1.96. The van der Waals surface area contributed by atoms with Crippen LogP contribution < -0.4 is 5.32 Å². The van der Waals surface area contributed by atoms with Gasteiger partial charge >= 0.3 is 0 Å². The summed E-state index contributed by atoms with van der Waals surface area (Å²) in [6, 6.07) is 6.35. The summed E-state index contributed by atoms with van der Waals surface area (Å²) in [6.45, 7) is 5.54. The number of rotatable bonds is 4. The Hall–Kier alpha value is -0.540. The van der Waals surface area contributed by atoms with E-state index in [4.69, 9.17) is 0 Å². The molecule has 0 radical (unpaired) electrons. The minimum atomic E-state index is 0.305. The molecule has 1 aromatic carbocycles. The van der Waals surface area contributed by atoms with Crippen LogP contribution in [0.2, 0.25) is 0 Å². The van der Waals surface area contributed by atoms with Crippen molar-refractivity contribution in [2.75, 3.05) is 0 Å². The van der Waals surface area contributed by atoms with E-state index in [9.17, 15) is 5.11 Å². The molecule has 1 saturated carbocycles. The lowest BCUT2D eigenvalue weighted by Crippen LogP contribution is -2.32. The first-order chi connectivity index (χ1) is 8.61. The van der Waals surface area contributed by atoms with Crippen LogP contribution in [0.1, 0.15) is 38.7 Å². The van der Waals surface area contributed by atoms with E-state index >= 15 is 0 Å². The molecule has 1 aliphatic rings. The number of hydrogen-bond acceptors (Lipinski definition) is 2. The number of aromatic hydroxyl groups is 1. The first-order valence-corrected chi connectivity index (χ1v) is 7.62. The van der Waals surface area contributed by atoms with Gasteiger partial charge in [-0.3, -0.25) is 0 Å². The molecule has 1 aliphatic carbocycles. The molecule has 2 rings (SSSR count). The number of phenols is 1. The molecule has 1 fully saturated rings. The lowest BCUT2D eigenvalue weighted by atomic mass is 9.93. The SMILES string of the molecule is CCC1CCC(NCc2ccc(O)c(Br)c2)C1C. The van der Waals surface area contributed by atoms with Crippen molar-refractivity contribution in [3.8, 4) is 5.75 Å². The van der Waals surface area contributed by atoms with Crippen molar-refractivity contribution in [3.05, 3.63) is 28.2 Å². The predicted octanol–water partition coefficient (Wildman–Crippen LogP) is 4.07. The second-order valence-corrected chi connectivity index (χ2v) is 6.23. The van der Waals surface area contributed by atoms with Gasteiger partial charge in [0.2, 0.25) is 0 Å². The molecular formula is C15H22BrNO. The highest BCUT2D eigenvalue weighted by Gasteiger charge is 2.30. The molecule has 0 aromatic heterocycles. The topological polar surface area (TPSA) is 32.3 Å². The number of phenolic OH excluding ortho intramolecular Hbond substituents is 1. The van der Waals surface area contributed by atoms with E-state index in [1.165, 1.54) is 24.8 Å². The maximum Gasteiger partial charge on any atom is 0.129 e. The van der Waals surface area contributed by atoms with E-state index in [-0.39, 0.29) is 0 Å². The van der Waals surface area contributed by atoms with Gasteiger partial charge < -0.3 is 10.4 Å². The first kappa shape index (κ1) is 13.9. The normalized spacial score (nSPS) is 27.6. The highest BCUT2D eigenvalue weighted by molar-refractivity contribution is 9.10. The van der Waals surface area contributed by atoms with Crippen LogP contribution in [0.5, 0.6) is 5.75 Å². The van der Waals surface area contributed by atoms with Crippen LogP contribution in [-0.2, 0) is 6.54 Å². The number of nitrogens with one attached hydrogen (secondary N) is 1. The Morgan fingerprint density at radius 3 is 2.78 bits per heavy atom. The molecule has 3 unspecified atom stereocenters. The molecule has 0 saturated heterocycles. The third kappa shape index (κ3) is 3.07. The van der Waals surface area contributed by atoms with Gasteiger partial charge in [0.25, 0.3) is 0 Å². The van der Waals surface area contributed by atoms with Gasteiger partial charge in [0.05, 0.1) is 4.47 Å².